The number of esters is 1. The van der Waals surface area contributed by atoms with Crippen LogP contribution in [0.25, 0.3) is 0 Å². The Hall–Kier alpha value is -1.05. The Labute approximate surface area is 106 Å². The van der Waals surface area contributed by atoms with Crippen molar-refractivity contribution in [3.63, 3.8) is 0 Å². The van der Waals surface area contributed by atoms with E-state index in [4.69, 9.17) is 12.2 Å². The van der Waals surface area contributed by atoms with Crippen LogP contribution in [0.2, 0.25) is 0 Å². The summed E-state index contributed by atoms with van der Waals surface area (Å²) in [6.45, 7) is 3.72. The Balaban J connectivity index is 3.11. The van der Waals surface area contributed by atoms with Crippen LogP contribution in [0.3, 0.4) is 0 Å². The van der Waals surface area contributed by atoms with E-state index in [1.807, 2.05) is 6.92 Å². The van der Waals surface area contributed by atoms with Gasteiger partial charge < -0.3 is 12.2 Å². The van der Waals surface area contributed by atoms with Crippen molar-refractivity contribution in [1.82, 2.24) is 0 Å². The Morgan fingerprint density at radius 3 is 2.81 bits per heavy atom. The minimum atomic E-state index is -0.743. The first-order valence-corrected chi connectivity index (χ1v) is 5.58. The number of hydrogen-bond acceptors (Lipinski definition) is 5. The van der Waals surface area contributed by atoms with Crippen LogP contribution in [-0.4, -0.2) is 12.6 Å². The fourth-order valence-corrected chi connectivity index (χ4v) is 1.44. The molecule has 0 spiro atoms. The highest BCUT2D eigenvalue weighted by Gasteiger charge is 2.21. The third-order valence-corrected chi connectivity index (χ3v) is 2.24. The predicted molar refractivity (Wildman–Crippen MR) is 64.9 cm³/mol. The van der Waals surface area contributed by atoms with Gasteiger partial charge in [-0.25, -0.2) is 9.59 Å². The van der Waals surface area contributed by atoms with Crippen LogP contribution in [0.5, 0.6) is 5.75 Å². The van der Waals surface area contributed by atoms with Crippen molar-refractivity contribution in [1.29, 1.82) is 0 Å². The first-order chi connectivity index (χ1) is 7.60. The van der Waals surface area contributed by atoms with Crippen molar-refractivity contribution in [3.05, 3.63) is 27.8 Å². The molecule has 1 heterocycles. The zero-order valence-electron chi connectivity index (χ0n) is 8.91. The van der Waals surface area contributed by atoms with E-state index in [9.17, 15) is 9.59 Å². The van der Waals surface area contributed by atoms with Crippen molar-refractivity contribution < 1.29 is 17.0 Å². The number of ether oxygens (including phenoxy) is 1. The lowest BCUT2D eigenvalue weighted by molar-refractivity contribution is 0.0498. The summed E-state index contributed by atoms with van der Waals surface area (Å²) in [5.41, 5.74) is -0.943. The third kappa shape index (κ3) is 2.97. The maximum atomic E-state index is 11.5. The second-order valence-electron chi connectivity index (χ2n) is 3.10. The molecule has 1 aromatic rings. The van der Waals surface area contributed by atoms with Crippen molar-refractivity contribution in [2.75, 3.05) is 6.61 Å². The molecule has 0 aliphatic heterocycles. The highest BCUT2D eigenvalue weighted by molar-refractivity contribution is 14.1. The van der Waals surface area contributed by atoms with Gasteiger partial charge in [0.1, 0.15) is 5.76 Å². The maximum Gasteiger partial charge on any atom is 0.354 e. The van der Waals surface area contributed by atoms with Gasteiger partial charge in [0.15, 0.2) is 34.3 Å². The average Bonchev–Trinajstić information content (AvgIpc) is 2.24. The van der Waals surface area contributed by atoms with E-state index in [2.05, 4.69) is 0 Å². The van der Waals surface area contributed by atoms with Crippen molar-refractivity contribution in [2.45, 2.75) is 20.3 Å². The van der Waals surface area contributed by atoms with Gasteiger partial charge >= 0.3 is 11.6 Å². The summed E-state index contributed by atoms with van der Waals surface area (Å²) < 4.78 is 14.6. The second kappa shape index (κ2) is 5.88. The highest BCUT2D eigenvalue weighted by Crippen LogP contribution is 2.19. The molecule has 5 nitrogen and oxygen atoms in total. The van der Waals surface area contributed by atoms with Crippen molar-refractivity contribution >= 4 is 29.0 Å². The summed E-state index contributed by atoms with van der Waals surface area (Å²) in [6.07, 6.45) is 0.684. The van der Waals surface area contributed by atoms with Gasteiger partial charge in [0.2, 0.25) is 0 Å². The summed E-state index contributed by atoms with van der Waals surface area (Å²) in [4.78, 5) is 23.0. The summed E-state index contributed by atoms with van der Waals surface area (Å²) in [5.74, 6) is -0.179. The fraction of sp³-hybridized carbons (Fsp3) is 0.400. The molecule has 0 aliphatic rings. The monoisotopic (exact) mass is 338 g/mol. The lowest BCUT2D eigenvalue weighted by Gasteiger charge is -2.05. The molecule has 0 saturated heterocycles. The predicted octanol–water partition coefficient (Wildman–Crippen LogP) is 2.24. The fourth-order valence-electron chi connectivity index (χ4n) is 1.10. The summed E-state index contributed by atoms with van der Waals surface area (Å²) >= 11 is 1.59. The first kappa shape index (κ1) is 13.0. The van der Waals surface area contributed by atoms with Gasteiger partial charge in [0, 0.05) is 6.07 Å². The molecular formula is C10H11IO5. The third-order valence-electron chi connectivity index (χ3n) is 1.76. The van der Waals surface area contributed by atoms with Gasteiger partial charge in [0.25, 0.3) is 0 Å². The summed E-state index contributed by atoms with van der Waals surface area (Å²) in [7, 11) is 0. The minimum Gasteiger partial charge on any atom is -0.462 e. The molecule has 0 atom stereocenters. The summed E-state index contributed by atoms with van der Waals surface area (Å²) in [6, 6.07) is 1.47. The molecule has 0 N–H and O–H groups in total. The van der Waals surface area contributed by atoms with Crippen LogP contribution in [0.15, 0.2) is 15.3 Å². The molecular weight excluding hydrogens is 327 g/mol. The zero-order valence-corrected chi connectivity index (χ0v) is 11.1. The van der Waals surface area contributed by atoms with E-state index in [1.165, 1.54) is 6.07 Å². The van der Waals surface area contributed by atoms with Gasteiger partial charge in [-0.15, -0.1) is 0 Å². The number of aryl methyl sites for hydroxylation is 1. The van der Waals surface area contributed by atoms with E-state index in [1.54, 1.807) is 29.9 Å². The molecule has 0 aromatic carbocycles. The van der Waals surface area contributed by atoms with E-state index in [-0.39, 0.29) is 17.9 Å². The zero-order chi connectivity index (χ0) is 12.1. The van der Waals surface area contributed by atoms with Crippen LogP contribution in [0.1, 0.15) is 29.5 Å². The number of carbonyl (C=O) groups is 1. The molecule has 6 heteroatoms. The topological polar surface area (TPSA) is 65.7 Å². The maximum absolute atomic E-state index is 11.5. The molecule has 0 radical (unpaired) electrons. The van der Waals surface area contributed by atoms with Crippen LogP contribution in [-0.2, 0) is 4.74 Å². The van der Waals surface area contributed by atoms with E-state index in [0.717, 1.165) is 0 Å². The average molecular weight is 338 g/mol. The molecule has 0 fully saturated rings. The molecule has 88 valence electrons. The molecule has 0 amide bonds. The van der Waals surface area contributed by atoms with E-state index in [0.29, 0.717) is 12.2 Å². The SMILES string of the molecule is CCCOC(=O)c1c(OI)cc(C)oc1=O. The van der Waals surface area contributed by atoms with Gasteiger partial charge in [-0.3, -0.25) is 0 Å². The van der Waals surface area contributed by atoms with E-state index >= 15 is 0 Å². The Morgan fingerprint density at radius 2 is 2.25 bits per heavy atom. The molecule has 0 bridgehead atoms. The minimum absolute atomic E-state index is 0.162. The number of hydrogen-bond donors (Lipinski definition) is 0. The molecule has 0 unspecified atom stereocenters. The number of carbonyl (C=O) groups excluding carboxylic acids is 1. The van der Waals surface area contributed by atoms with E-state index < -0.39 is 11.6 Å². The van der Waals surface area contributed by atoms with Gasteiger partial charge in [0.05, 0.1) is 6.61 Å². The largest absolute Gasteiger partial charge is 0.462 e. The van der Waals surface area contributed by atoms with Crippen molar-refractivity contribution in [2.24, 2.45) is 0 Å². The highest BCUT2D eigenvalue weighted by atomic mass is 127. The van der Waals surface area contributed by atoms with Gasteiger partial charge in [-0.1, -0.05) is 6.92 Å². The number of rotatable bonds is 4. The van der Waals surface area contributed by atoms with Gasteiger partial charge in [-0.2, -0.15) is 0 Å². The van der Waals surface area contributed by atoms with Crippen LogP contribution >= 0.6 is 23.0 Å². The number of halogens is 1. The van der Waals surface area contributed by atoms with Gasteiger partial charge in [-0.05, 0) is 13.3 Å². The Kier molecular flexibility index (Phi) is 4.78. The van der Waals surface area contributed by atoms with Crippen LogP contribution in [0, 0.1) is 6.92 Å². The Bertz CT molecular complexity index is 437. The second-order valence-corrected chi connectivity index (χ2v) is 3.54. The first-order valence-electron chi connectivity index (χ1n) is 4.70. The lowest BCUT2D eigenvalue weighted by atomic mass is 10.2. The molecule has 0 saturated carbocycles. The van der Waals surface area contributed by atoms with Crippen molar-refractivity contribution in [3.8, 4) is 5.75 Å². The summed E-state index contributed by atoms with van der Waals surface area (Å²) in [5, 5.41) is 0. The smallest absolute Gasteiger partial charge is 0.354 e. The molecule has 0 aliphatic carbocycles. The molecule has 1 aromatic heterocycles. The molecule has 1 rings (SSSR count). The lowest BCUT2D eigenvalue weighted by Crippen LogP contribution is -2.18. The standard InChI is InChI=1S/C10H11IO5/c1-3-4-14-9(12)8-7(16-11)5-6(2)15-10(8)13/h5H,3-4H2,1-2H3. The quantitative estimate of drug-likeness (QED) is 0.622. The normalized spacial score (nSPS) is 9.94. The molecule has 16 heavy (non-hydrogen) atoms. The van der Waals surface area contributed by atoms with Crippen LogP contribution < -0.4 is 8.69 Å². The van der Waals surface area contributed by atoms with Crippen LogP contribution in [0.4, 0.5) is 0 Å². The Morgan fingerprint density at radius 1 is 1.56 bits per heavy atom.